The molecule has 1 unspecified atom stereocenters. The SMILES string of the molecule is CNCC1CCN(C(C)c2cc(O)cc(O)c2)CC1. The van der Waals surface area contributed by atoms with E-state index in [1.807, 2.05) is 7.05 Å². The predicted octanol–water partition coefficient (Wildman–Crippen LogP) is 2.09. The molecular weight excluding hydrogens is 240 g/mol. The molecule has 1 saturated heterocycles. The van der Waals surface area contributed by atoms with E-state index in [2.05, 4.69) is 17.1 Å². The minimum atomic E-state index is 0.131. The smallest absolute Gasteiger partial charge is 0.119 e. The van der Waals surface area contributed by atoms with E-state index in [1.165, 1.54) is 18.9 Å². The van der Waals surface area contributed by atoms with Crippen LogP contribution in [0.3, 0.4) is 0 Å². The number of nitrogens with one attached hydrogen (secondary N) is 1. The van der Waals surface area contributed by atoms with Gasteiger partial charge in [-0.15, -0.1) is 0 Å². The van der Waals surface area contributed by atoms with Gasteiger partial charge in [-0.25, -0.2) is 0 Å². The number of phenolic OH excluding ortho intramolecular Hbond substituents is 2. The molecule has 1 aromatic rings. The van der Waals surface area contributed by atoms with Crippen molar-refractivity contribution in [1.82, 2.24) is 10.2 Å². The van der Waals surface area contributed by atoms with E-state index in [1.54, 1.807) is 12.1 Å². The maximum absolute atomic E-state index is 9.57. The van der Waals surface area contributed by atoms with Crippen LogP contribution in [-0.4, -0.2) is 41.8 Å². The van der Waals surface area contributed by atoms with Gasteiger partial charge in [-0.1, -0.05) is 0 Å². The number of piperidine rings is 1. The minimum Gasteiger partial charge on any atom is -0.508 e. The van der Waals surface area contributed by atoms with Crippen molar-refractivity contribution in [3.63, 3.8) is 0 Å². The molecule has 106 valence electrons. The molecule has 1 aliphatic rings. The van der Waals surface area contributed by atoms with Crippen molar-refractivity contribution in [2.75, 3.05) is 26.7 Å². The Bertz CT molecular complexity index is 394. The lowest BCUT2D eigenvalue weighted by atomic mass is 9.94. The van der Waals surface area contributed by atoms with Gasteiger partial charge >= 0.3 is 0 Å². The highest BCUT2D eigenvalue weighted by Gasteiger charge is 2.23. The van der Waals surface area contributed by atoms with Gasteiger partial charge in [-0.05, 0) is 70.1 Å². The molecule has 1 fully saturated rings. The van der Waals surface area contributed by atoms with Gasteiger partial charge in [0.05, 0.1) is 0 Å². The number of hydrogen-bond acceptors (Lipinski definition) is 4. The molecule has 2 rings (SSSR count). The third-order valence-electron chi connectivity index (χ3n) is 4.10. The molecule has 0 saturated carbocycles. The second-order valence-electron chi connectivity index (χ2n) is 5.50. The highest BCUT2D eigenvalue weighted by atomic mass is 16.3. The van der Waals surface area contributed by atoms with Crippen LogP contribution in [0.1, 0.15) is 31.4 Å². The van der Waals surface area contributed by atoms with Gasteiger partial charge in [0, 0.05) is 12.1 Å². The first-order chi connectivity index (χ1) is 9.10. The summed E-state index contributed by atoms with van der Waals surface area (Å²) < 4.78 is 0. The van der Waals surface area contributed by atoms with Crippen molar-refractivity contribution in [3.8, 4) is 11.5 Å². The Morgan fingerprint density at radius 1 is 1.21 bits per heavy atom. The van der Waals surface area contributed by atoms with Crippen molar-refractivity contribution in [1.29, 1.82) is 0 Å². The van der Waals surface area contributed by atoms with Crippen LogP contribution in [0.25, 0.3) is 0 Å². The number of hydrogen-bond donors (Lipinski definition) is 3. The molecule has 0 radical (unpaired) electrons. The highest BCUT2D eigenvalue weighted by Crippen LogP contribution is 2.30. The third kappa shape index (κ3) is 3.61. The Morgan fingerprint density at radius 3 is 2.32 bits per heavy atom. The maximum Gasteiger partial charge on any atom is 0.119 e. The van der Waals surface area contributed by atoms with Crippen molar-refractivity contribution >= 4 is 0 Å². The van der Waals surface area contributed by atoms with E-state index in [-0.39, 0.29) is 17.5 Å². The number of phenols is 2. The first-order valence-electron chi connectivity index (χ1n) is 7.01. The number of benzene rings is 1. The molecule has 1 aromatic carbocycles. The van der Waals surface area contributed by atoms with Gasteiger partial charge in [-0.2, -0.15) is 0 Å². The zero-order chi connectivity index (χ0) is 13.8. The Balaban J connectivity index is 1.98. The normalized spacial score (nSPS) is 19.5. The fourth-order valence-electron chi connectivity index (χ4n) is 2.90. The standard InChI is InChI=1S/C15H24N2O2/c1-11(13-7-14(18)9-15(19)8-13)17-5-3-12(4-6-17)10-16-2/h7-9,11-12,16,18-19H,3-6,10H2,1-2H3. The summed E-state index contributed by atoms with van der Waals surface area (Å²) in [6.45, 7) is 5.37. The summed E-state index contributed by atoms with van der Waals surface area (Å²) in [5.41, 5.74) is 0.976. The summed E-state index contributed by atoms with van der Waals surface area (Å²) in [5.74, 6) is 1.03. The fourth-order valence-corrected chi connectivity index (χ4v) is 2.90. The van der Waals surface area contributed by atoms with Crippen molar-refractivity contribution in [2.45, 2.75) is 25.8 Å². The van der Waals surface area contributed by atoms with E-state index < -0.39 is 0 Å². The molecule has 1 atom stereocenters. The summed E-state index contributed by atoms with van der Waals surface area (Å²) >= 11 is 0. The van der Waals surface area contributed by atoms with Gasteiger partial charge in [0.15, 0.2) is 0 Å². The molecule has 19 heavy (non-hydrogen) atoms. The molecular formula is C15H24N2O2. The van der Waals surface area contributed by atoms with E-state index >= 15 is 0 Å². The first kappa shape index (κ1) is 14.2. The van der Waals surface area contributed by atoms with Gasteiger partial charge in [-0.3, -0.25) is 4.90 Å². The molecule has 0 amide bonds. The second kappa shape index (κ2) is 6.26. The van der Waals surface area contributed by atoms with Crippen molar-refractivity contribution < 1.29 is 10.2 Å². The zero-order valence-electron chi connectivity index (χ0n) is 11.8. The quantitative estimate of drug-likeness (QED) is 0.779. The third-order valence-corrected chi connectivity index (χ3v) is 4.10. The van der Waals surface area contributed by atoms with Crippen LogP contribution in [0.5, 0.6) is 11.5 Å². The summed E-state index contributed by atoms with van der Waals surface area (Å²) in [6, 6.07) is 5.08. The molecule has 1 aliphatic heterocycles. The molecule has 0 aromatic heterocycles. The summed E-state index contributed by atoms with van der Waals surface area (Å²) in [5, 5.41) is 22.4. The van der Waals surface area contributed by atoms with E-state index in [0.717, 1.165) is 31.1 Å². The molecule has 0 aliphatic carbocycles. The number of rotatable bonds is 4. The summed E-state index contributed by atoms with van der Waals surface area (Å²) in [4.78, 5) is 2.42. The van der Waals surface area contributed by atoms with Crippen molar-refractivity contribution in [2.24, 2.45) is 5.92 Å². The Kier molecular flexibility index (Phi) is 4.66. The van der Waals surface area contributed by atoms with Crippen molar-refractivity contribution in [3.05, 3.63) is 23.8 Å². The van der Waals surface area contributed by atoms with Gasteiger partial charge < -0.3 is 15.5 Å². The van der Waals surface area contributed by atoms with Crippen LogP contribution in [0.15, 0.2) is 18.2 Å². The lowest BCUT2D eigenvalue weighted by Crippen LogP contribution is -2.38. The molecule has 1 heterocycles. The predicted molar refractivity (Wildman–Crippen MR) is 76.4 cm³/mol. The zero-order valence-corrected chi connectivity index (χ0v) is 11.8. The van der Waals surface area contributed by atoms with Crippen LogP contribution in [-0.2, 0) is 0 Å². The average molecular weight is 264 g/mol. The molecule has 3 N–H and O–H groups in total. The molecule has 4 heteroatoms. The second-order valence-corrected chi connectivity index (χ2v) is 5.50. The molecule has 0 spiro atoms. The number of likely N-dealkylation sites (tertiary alicyclic amines) is 1. The Hall–Kier alpha value is -1.26. The minimum absolute atomic E-state index is 0.131. The molecule has 0 bridgehead atoms. The van der Waals surface area contributed by atoms with E-state index in [9.17, 15) is 10.2 Å². The number of nitrogens with zero attached hydrogens (tertiary/aromatic N) is 1. The van der Waals surface area contributed by atoms with Crippen LogP contribution in [0.4, 0.5) is 0 Å². The fraction of sp³-hybridized carbons (Fsp3) is 0.600. The van der Waals surface area contributed by atoms with E-state index in [4.69, 9.17) is 0 Å². The Morgan fingerprint density at radius 2 is 1.79 bits per heavy atom. The topological polar surface area (TPSA) is 55.7 Å². The number of aromatic hydroxyl groups is 2. The van der Waals surface area contributed by atoms with Crippen LogP contribution in [0, 0.1) is 5.92 Å². The largest absolute Gasteiger partial charge is 0.508 e. The van der Waals surface area contributed by atoms with Crippen LogP contribution in [0.2, 0.25) is 0 Å². The highest BCUT2D eigenvalue weighted by molar-refractivity contribution is 5.38. The summed E-state index contributed by atoms with van der Waals surface area (Å²) in [6.07, 6.45) is 2.41. The molecule has 4 nitrogen and oxygen atoms in total. The van der Waals surface area contributed by atoms with Gasteiger partial charge in [0.2, 0.25) is 0 Å². The van der Waals surface area contributed by atoms with Gasteiger partial charge in [0.25, 0.3) is 0 Å². The van der Waals surface area contributed by atoms with Gasteiger partial charge in [0.1, 0.15) is 11.5 Å². The average Bonchev–Trinajstić information content (AvgIpc) is 2.38. The maximum atomic E-state index is 9.57. The summed E-state index contributed by atoms with van der Waals surface area (Å²) in [7, 11) is 2.00. The van der Waals surface area contributed by atoms with Crippen LogP contribution < -0.4 is 5.32 Å². The first-order valence-corrected chi connectivity index (χ1v) is 7.01. The monoisotopic (exact) mass is 264 g/mol. The Labute approximate surface area is 115 Å². The lowest BCUT2D eigenvalue weighted by molar-refractivity contribution is 0.140. The van der Waals surface area contributed by atoms with Crippen LogP contribution >= 0.6 is 0 Å². The van der Waals surface area contributed by atoms with E-state index in [0.29, 0.717) is 0 Å². The lowest BCUT2D eigenvalue weighted by Gasteiger charge is -2.36.